The normalized spacial score (nSPS) is 12.8. The standard InChI is InChI=1S/C13H17F3N2OS/c1-9(8-19-2)18-12(20)17-7-10-3-5-11(6-4-10)13(14,15)16/h3-6,9H,7-8H2,1-2H3,(H2,17,18,20). The van der Waals surface area contributed by atoms with E-state index in [1.54, 1.807) is 7.11 Å². The van der Waals surface area contributed by atoms with E-state index in [9.17, 15) is 13.2 Å². The van der Waals surface area contributed by atoms with Crippen molar-refractivity contribution in [2.75, 3.05) is 13.7 Å². The van der Waals surface area contributed by atoms with E-state index in [4.69, 9.17) is 17.0 Å². The maximum absolute atomic E-state index is 12.4. The van der Waals surface area contributed by atoms with Crippen molar-refractivity contribution in [3.63, 3.8) is 0 Å². The Labute approximate surface area is 121 Å². The summed E-state index contributed by atoms with van der Waals surface area (Å²) in [5.74, 6) is 0. The van der Waals surface area contributed by atoms with Crippen molar-refractivity contribution < 1.29 is 17.9 Å². The number of thiocarbonyl (C=S) groups is 1. The van der Waals surface area contributed by atoms with Gasteiger partial charge in [-0.25, -0.2) is 0 Å². The molecule has 1 aromatic rings. The first-order valence-corrected chi connectivity index (χ1v) is 6.43. The number of alkyl halides is 3. The Morgan fingerprint density at radius 1 is 1.30 bits per heavy atom. The van der Waals surface area contributed by atoms with Crippen LogP contribution in [0.3, 0.4) is 0 Å². The minimum atomic E-state index is -4.31. The highest BCUT2D eigenvalue weighted by atomic mass is 32.1. The van der Waals surface area contributed by atoms with Gasteiger partial charge in [0.05, 0.1) is 12.2 Å². The van der Waals surface area contributed by atoms with Crippen LogP contribution in [0.5, 0.6) is 0 Å². The number of ether oxygens (including phenoxy) is 1. The fourth-order valence-electron chi connectivity index (χ4n) is 1.56. The lowest BCUT2D eigenvalue weighted by Crippen LogP contribution is -2.42. The fourth-order valence-corrected chi connectivity index (χ4v) is 1.83. The molecule has 0 aliphatic carbocycles. The summed E-state index contributed by atoms with van der Waals surface area (Å²) in [6.45, 7) is 2.79. The van der Waals surface area contributed by atoms with Crippen molar-refractivity contribution >= 4 is 17.3 Å². The van der Waals surface area contributed by atoms with Crippen molar-refractivity contribution in [3.8, 4) is 0 Å². The van der Waals surface area contributed by atoms with Gasteiger partial charge in [0.25, 0.3) is 0 Å². The van der Waals surface area contributed by atoms with E-state index in [-0.39, 0.29) is 6.04 Å². The summed E-state index contributed by atoms with van der Waals surface area (Å²) < 4.78 is 42.1. The summed E-state index contributed by atoms with van der Waals surface area (Å²) in [7, 11) is 1.59. The molecule has 0 saturated heterocycles. The molecule has 0 fully saturated rings. The highest BCUT2D eigenvalue weighted by molar-refractivity contribution is 7.80. The zero-order chi connectivity index (χ0) is 15.2. The first-order chi connectivity index (χ1) is 9.32. The summed E-state index contributed by atoms with van der Waals surface area (Å²) >= 11 is 5.07. The van der Waals surface area contributed by atoms with Gasteiger partial charge >= 0.3 is 6.18 Å². The van der Waals surface area contributed by atoms with Crippen LogP contribution in [0.4, 0.5) is 13.2 Å². The summed E-state index contributed by atoms with van der Waals surface area (Å²) in [6.07, 6.45) is -4.31. The van der Waals surface area contributed by atoms with E-state index in [2.05, 4.69) is 10.6 Å². The van der Waals surface area contributed by atoms with Crippen LogP contribution in [0.2, 0.25) is 0 Å². The van der Waals surface area contributed by atoms with Crippen LogP contribution < -0.4 is 10.6 Å². The highest BCUT2D eigenvalue weighted by Crippen LogP contribution is 2.28. The third kappa shape index (κ3) is 5.75. The first-order valence-electron chi connectivity index (χ1n) is 6.02. The molecule has 0 aliphatic rings. The molecule has 0 spiro atoms. The van der Waals surface area contributed by atoms with Crippen LogP contribution in [-0.4, -0.2) is 24.9 Å². The Kier molecular flexibility index (Phi) is 6.22. The summed E-state index contributed by atoms with van der Waals surface area (Å²) in [6, 6.07) is 5.03. The fraction of sp³-hybridized carbons (Fsp3) is 0.462. The topological polar surface area (TPSA) is 33.3 Å². The van der Waals surface area contributed by atoms with Gasteiger partial charge in [0.1, 0.15) is 0 Å². The monoisotopic (exact) mass is 306 g/mol. The van der Waals surface area contributed by atoms with Crippen LogP contribution in [0.25, 0.3) is 0 Å². The zero-order valence-corrected chi connectivity index (χ0v) is 12.1. The Morgan fingerprint density at radius 3 is 2.40 bits per heavy atom. The van der Waals surface area contributed by atoms with Crippen LogP contribution in [0.15, 0.2) is 24.3 Å². The van der Waals surface area contributed by atoms with E-state index >= 15 is 0 Å². The predicted molar refractivity (Wildman–Crippen MR) is 75.4 cm³/mol. The number of hydrogen-bond donors (Lipinski definition) is 2. The minimum Gasteiger partial charge on any atom is -0.383 e. The molecule has 0 amide bonds. The molecule has 0 aromatic heterocycles. The van der Waals surface area contributed by atoms with Gasteiger partial charge in [0.15, 0.2) is 5.11 Å². The minimum absolute atomic E-state index is 0.0626. The summed E-state index contributed by atoms with van der Waals surface area (Å²) in [5.41, 5.74) is 0.0669. The van der Waals surface area contributed by atoms with Gasteiger partial charge in [-0.1, -0.05) is 12.1 Å². The van der Waals surface area contributed by atoms with Crippen LogP contribution in [0.1, 0.15) is 18.1 Å². The molecule has 3 nitrogen and oxygen atoms in total. The summed E-state index contributed by atoms with van der Waals surface area (Å²) in [4.78, 5) is 0. The number of methoxy groups -OCH3 is 1. The third-order valence-electron chi connectivity index (χ3n) is 2.53. The van der Waals surface area contributed by atoms with Gasteiger partial charge in [-0.15, -0.1) is 0 Å². The smallest absolute Gasteiger partial charge is 0.383 e. The highest BCUT2D eigenvalue weighted by Gasteiger charge is 2.29. The van der Waals surface area contributed by atoms with Crippen molar-refractivity contribution in [1.82, 2.24) is 10.6 Å². The van der Waals surface area contributed by atoms with Crippen LogP contribution in [-0.2, 0) is 17.5 Å². The molecule has 1 rings (SSSR count). The van der Waals surface area contributed by atoms with Gasteiger partial charge in [0, 0.05) is 19.7 Å². The average molecular weight is 306 g/mol. The van der Waals surface area contributed by atoms with Gasteiger partial charge in [-0.05, 0) is 36.8 Å². The molecule has 112 valence electrons. The van der Waals surface area contributed by atoms with Gasteiger partial charge in [-0.3, -0.25) is 0 Å². The second-order valence-corrected chi connectivity index (χ2v) is 4.79. The number of halogens is 3. The lowest BCUT2D eigenvalue weighted by molar-refractivity contribution is -0.137. The lowest BCUT2D eigenvalue weighted by Gasteiger charge is -2.16. The zero-order valence-electron chi connectivity index (χ0n) is 11.3. The second kappa shape index (κ2) is 7.44. The van der Waals surface area contributed by atoms with Crippen molar-refractivity contribution in [2.24, 2.45) is 0 Å². The molecule has 1 aromatic carbocycles. The SMILES string of the molecule is COCC(C)NC(=S)NCc1ccc(C(F)(F)F)cc1. The molecule has 0 aliphatic heterocycles. The maximum Gasteiger partial charge on any atom is 0.416 e. The second-order valence-electron chi connectivity index (χ2n) is 4.38. The largest absolute Gasteiger partial charge is 0.416 e. The van der Waals surface area contributed by atoms with Gasteiger partial charge in [-0.2, -0.15) is 13.2 Å². The number of nitrogens with one attached hydrogen (secondary N) is 2. The lowest BCUT2D eigenvalue weighted by atomic mass is 10.1. The number of benzene rings is 1. The Morgan fingerprint density at radius 2 is 1.90 bits per heavy atom. The molecule has 7 heteroatoms. The van der Waals surface area contributed by atoms with E-state index < -0.39 is 11.7 Å². The van der Waals surface area contributed by atoms with E-state index in [0.29, 0.717) is 18.3 Å². The third-order valence-corrected chi connectivity index (χ3v) is 2.79. The Balaban J connectivity index is 2.44. The van der Waals surface area contributed by atoms with E-state index in [1.807, 2.05) is 6.92 Å². The van der Waals surface area contributed by atoms with Crippen molar-refractivity contribution in [2.45, 2.75) is 25.7 Å². The number of hydrogen-bond acceptors (Lipinski definition) is 2. The maximum atomic E-state index is 12.4. The molecule has 20 heavy (non-hydrogen) atoms. The molecule has 0 radical (unpaired) electrons. The van der Waals surface area contributed by atoms with Gasteiger partial charge in [0.2, 0.25) is 0 Å². The molecule has 0 heterocycles. The van der Waals surface area contributed by atoms with E-state index in [0.717, 1.165) is 17.7 Å². The van der Waals surface area contributed by atoms with Crippen molar-refractivity contribution in [1.29, 1.82) is 0 Å². The quantitative estimate of drug-likeness (QED) is 0.820. The molecular formula is C13H17F3N2OS. The average Bonchev–Trinajstić information content (AvgIpc) is 2.36. The molecule has 2 N–H and O–H groups in total. The molecular weight excluding hydrogens is 289 g/mol. The number of rotatable bonds is 5. The first kappa shape index (κ1) is 16.7. The Bertz CT molecular complexity index is 434. The van der Waals surface area contributed by atoms with Crippen molar-refractivity contribution in [3.05, 3.63) is 35.4 Å². The molecule has 1 atom stereocenters. The van der Waals surface area contributed by atoms with Crippen LogP contribution in [0, 0.1) is 0 Å². The predicted octanol–water partition coefficient (Wildman–Crippen LogP) is 2.70. The molecule has 1 unspecified atom stereocenters. The van der Waals surface area contributed by atoms with Crippen LogP contribution >= 0.6 is 12.2 Å². The Hall–Kier alpha value is -1.34. The summed E-state index contributed by atoms with van der Waals surface area (Å²) in [5, 5.41) is 6.37. The molecule has 0 bridgehead atoms. The van der Waals surface area contributed by atoms with E-state index in [1.165, 1.54) is 12.1 Å². The molecule has 0 saturated carbocycles. The van der Waals surface area contributed by atoms with Gasteiger partial charge < -0.3 is 15.4 Å².